The Balaban J connectivity index is 1.59. The molecule has 1 aliphatic rings. The minimum Gasteiger partial charge on any atom is -0.447 e. The zero-order valence-corrected chi connectivity index (χ0v) is 20.5. The van der Waals surface area contributed by atoms with Gasteiger partial charge in [0.2, 0.25) is 6.29 Å². The molecule has 0 N–H and O–H groups in total. The van der Waals surface area contributed by atoms with E-state index >= 15 is 0 Å². The molecule has 0 spiro atoms. The van der Waals surface area contributed by atoms with Crippen molar-refractivity contribution >= 4 is 5.97 Å². The maximum absolute atomic E-state index is 13.2. The van der Waals surface area contributed by atoms with Crippen molar-refractivity contribution in [2.75, 3.05) is 13.7 Å². The summed E-state index contributed by atoms with van der Waals surface area (Å²) in [6, 6.07) is 28.6. The number of benzene rings is 3. The summed E-state index contributed by atoms with van der Waals surface area (Å²) in [6.07, 6.45) is -0.0948. The Labute approximate surface area is 212 Å². The molecule has 1 aliphatic heterocycles. The molecule has 4 rings (SSSR count). The van der Waals surface area contributed by atoms with Gasteiger partial charge in [0.25, 0.3) is 0 Å². The first-order chi connectivity index (χ1) is 17.7. The second-order valence-corrected chi connectivity index (χ2v) is 8.66. The van der Waals surface area contributed by atoms with Crippen molar-refractivity contribution in [1.82, 2.24) is 0 Å². The standard InChI is InChI=1S/C30H32O6/c1-3-19-30(36-28(31)25-17-11-6-12-18-25)27(34-21-24-15-9-5-10-16-24)26(35-29(30)32-2)22-33-20-23-13-7-4-8-14-23/h3-18,26-27,29H,1,19-22H2,2H3/t26-,27-,29+,30-/m1/s1. The Kier molecular flexibility index (Phi) is 9.03. The highest BCUT2D eigenvalue weighted by molar-refractivity contribution is 5.89. The zero-order valence-electron chi connectivity index (χ0n) is 20.5. The molecule has 1 saturated heterocycles. The van der Waals surface area contributed by atoms with E-state index < -0.39 is 30.1 Å². The minimum absolute atomic E-state index is 0.232. The number of methoxy groups -OCH3 is 1. The molecular formula is C30H32O6. The van der Waals surface area contributed by atoms with Crippen LogP contribution in [0.15, 0.2) is 104 Å². The van der Waals surface area contributed by atoms with Crippen LogP contribution in [0.5, 0.6) is 0 Å². The van der Waals surface area contributed by atoms with Crippen molar-refractivity contribution in [3.63, 3.8) is 0 Å². The van der Waals surface area contributed by atoms with E-state index in [0.29, 0.717) is 18.8 Å². The summed E-state index contributed by atoms with van der Waals surface area (Å²) in [5.74, 6) is -0.484. The summed E-state index contributed by atoms with van der Waals surface area (Å²) in [5, 5.41) is 0. The van der Waals surface area contributed by atoms with Crippen LogP contribution >= 0.6 is 0 Å². The molecule has 3 aromatic carbocycles. The highest BCUT2D eigenvalue weighted by atomic mass is 16.7. The van der Waals surface area contributed by atoms with Crippen molar-refractivity contribution < 1.29 is 28.5 Å². The fraction of sp³-hybridized carbons (Fsp3) is 0.300. The fourth-order valence-corrected chi connectivity index (χ4v) is 4.44. The van der Waals surface area contributed by atoms with E-state index in [9.17, 15) is 4.79 Å². The van der Waals surface area contributed by atoms with Gasteiger partial charge < -0.3 is 23.7 Å². The van der Waals surface area contributed by atoms with Crippen molar-refractivity contribution in [3.8, 4) is 0 Å². The molecule has 6 nitrogen and oxygen atoms in total. The Morgan fingerprint density at radius 3 is 2.08 bits per heavy atom. The first kappa shape index (κ1) is 25.8. The summed E-state index contributed by atoms with van der Waals surface area (Å²) in [4.78, 5) is 13.2. The van der Waals surface area contributed by atoms with E-state index in [0.717, 1.165) is 11.1 Å². The normalized spacial score (nSPS) is 23.3. The molecule has 0 aromatic heterocycles. The molecule has 0 saturated carbocycles. The summed E-state index contributed by atoms with van der Waals surface area (Å²) in [7, 11) is 1.53. The van der Waals surface area contributed by atoms with Gasteiger partial charge in [-0.25, -0.2) is 4.79 Å². The number of esters is 1. The van der Waals surface area contributed by atoms with Crippen LogP contribution in [-0.4, -0.2) is 43.8 Å². The van der Waals surface area contributed by atoms with Crippen molar-refractivity contribution in [2.45, 2.75) is 43.7 Å². The predicted octanol–water partition coefficient (Wildman–Crippen LogP) is 5.33. The van der Waals surface area contributed by atoms with E-state index in [1.165, 1.54) is 7.11 Å². The molecule has 1 heterocycles. The largest absolute Gasteiger partial charge is 0.447 e. The maximum Gasteiger partial charge on any atom is 0.338 e. The highest BCUT2D eigenvalue weighted by Crippen LogP contribution is 2.41. The van der Waals surface area contributed by atoms with Gasteiger partial charge in [-0.05, 0) is 23.3 Å². The SMILES string of the molecule is C=CC[C@]1(OC(=O)c2ccccc2)[C@@H](OC)O[C@H](COCc2ccccc2)[C@H]1OCc1ccccc1. The number of rotatable bonds is 12. The second kappa shape index (κ2) is 12.6. The molecule has 0 unspecified atom stereocenters. The van der Waals surface area contributed by atoms with Gasteiger partial charge in [-0.3, -0.25) is 0 Å². The molecule has 36 heavy (non-hydrogen) atoms. The summed E-state index contributed by atoms with van der Waals surface area (Å²) in [5.41, 5.74) is 1.22. The predicted molar refractivity (Wildman–Crippen MR) is 136 cm³/mol. The Hall–Kier alpha value is -3.29. The van der Waals surface area contributed by atoms with Gasteiger partial charge >= 0.3 is 5.97 Å². The lowest BCUT2D eigenvalue weighted by atomic mass is 9.90. The molecule has 1 fully saturated rings. The average molecular weight is 489 g/mol. The van der Waals surface area contributed by atoms with Gasteiger partial charge in [-0.1, -0.05) is 84.9 Å². The van der Waals surface area contributed by atoms with E-state index in [2.05, 4.69) is 6.58 Å². The third kappa shape index (κ3) is 6.09. The topological polar surface area (TPSA) is 63.2 Å². The number of carbonyl (C=O) groups is 1. The van der Waals surface area contributed by atoms with Gasteiger partial charge in [0.1, 0.15) is 12.2 Å². The number of carbonyl (C=O) groups excluding carboxylic acids is 1. The van der Waals surface area contributed by atoms with Gasteiger partial charge in [0.05, 0.1) is 25.4 Å². The van der Waals surface area contributed by atoms with Crippen LogP contribution in [0.25, 0.3) is 0 Å². The van der Waals surface area contributed by atoms with E-state index in [-0.39, 0.29) is 13.0 Å². The summed E-state index contributed by atoms with van der Waals surface area (Å²) in [6.45, 7) is 4.87. The van der Waals surface area contributed by atoms with E-state index in [1.807, 2.05) is 66.7 Å². The molecule has 4 atom stereocenters. The Bertz CT molecular complexity index is 1090. The molecule has 0 aliphatic carbocycles. The molecule has 0 radical (unpaired) electrons. The van der Waals surface area contributed by atoms with Crippen LogP contribution in [0.2, 0.25) is 0 Å². The molecule has 6 heteroatoms. The van der Waals surface area contributed by atoms with Gasteiger partial charge in [0.15, 0.2) is 5.60 Å². The Morgan fingerprint density at radius 2 is 1.50 bits per heavy atom. The average Bonchev–Trinajstić information content (AvgIpc) is 3.20. The van der Waals surface area contributed by atoms with Crippen molar-refractivity contribution in [2.24, 2.45) is 0 Å². The van der Waals surface area contributed by atoms with Crippen LogP contribution in [0, 0.1) is 0 Å². The third-order valence-electron chi connectivity index (χ3n) is 6.15. The quantitative estimate of drug-likeness (QED) is 0.254. The lowest BCUT2D eigenvalue weighted by molar-refractivity contribution is -0.197. The zero-order chi connectivity index (χ0) is 25.2. The van der Waals surface area contributed by atoms with E-state index in [4.69, 9.17) is 23.7 Å². The summed E-state index contributed by atoms with van der Waals surface area (Å²) < 4.78 is 30.6. The lowest BCUT2D eigenvalue weighted by Crippen LogP contribution is -2.53. The Morgan fingerprint density at radius 1 is 0.917 bits per heavy atom. The van der Waals surface area contributed by atoms with Crippen LogP contribution in [0.1, 0.15) is 27.9 Å². The monoisotopic (exact) mass is 488 g/mol. The van der Waals surface area contributed by atoms with Crippen molar-refractivity contribution in [3.05, 3.63) is 120 Å². The third-order valence-corrected chi connectivity index (χ3v) is 6.15. The number of ether oxygens (including phenoxy) is 5. The van der Waals surface area contributed by atoms with Crippen LogP contribution in [0.3, 0.4) is 0 Å². The molecule has 188 valence electrons. The van der Waals surface area contributed by atoms with Crippen molar-refractivity contribution in [1.29, 1.82) is 0 Å². The fourth-order valence-electron chi connectivity index (χ4n) is 4.44. The maximum atomic E-state index is 13.2. The van der Waals surface area contributed by atoms with E-state index in [1.54, 1.807) is 30.3 Å². The minimum atomic E-state index is -1.25. The summed E-state index contributed by atoms with van der Waals surface area (Å²) >= 11 is 0. The van der Waals surface area contributed by atoms with Crippen LogP contribution in [0.4, 0.5) is 0 Å². The molecular weight excluding hydrogens is 456 g/mol. The molecule has 0 amide bonds. The van der Waals surface area contributed by atoms with Gasteiger partial charge in [-0.2, -0.15) is 0 Å². The highest BCUT2D eigenvalue weighted by Gasteiger charge is 2.60. The van der Waals surface area contributed by atoms with Gasteiger partial charge in [-0.15, -0.1) is 6.58 Å². The lowest BCUT2D eigenvalue weighted by Gasteiger charge is -2.36. The molecule has 0 bridgehead atoms. The van der Waals surface area contributed by atoms with Gasteiger partial charge in [0, 0.05) is 13.5 Å². The van der Waals surface area contributed by atoms with Crippen LogP contribution < -0.4 is 0 Å². The molecule has 3 aromatic rings. The number of hydrogen-bond acceptors (Lipinski definition) is 6. The second-order valence-electron chi connectivity index (χ2n) is 8.66. The first-order valence-corrected chi connectivity index (χ1v) is 12.0. The smallest absolute Gasteiger partial charge is 0.338 e. The van der Waals surface area contributed by atoms with Crippen LogP contribution in [-0.2, 0) is 36.9 Å². The number of hydrogen-bond donors (Lipinski definition) is 0. The first-order valence-electron chi connectivity index (χ1n) is 12.0.